The molecule has 3 aromatic carbocycles. The number of hydrogen-bond acceptors (Lipinski definition) is 6. The maximum atomic E-state index is 13.1. The van der Waals surface area contributed by atoms with Crippen LogP contribution in [0.5, 0.6) is 0 Å². The second-order valence-corrected chi connectivity index (χ2v) is 8.96. The lowest BCUT2D eigenvalue weighted by Gasteiger charge is -2.11. The molecule has 5 rings (SSSR count). The third-order valence-electron chi connectivity index (χ3n) is 5.49. The third-order valence-corrected chi connectivity index (χ3v) is 6.56. The molecule has 2 aromatic heterocycles. The molecule has 0 fully saturated rings. The molecule has 9 heteroatoms. The zero-order valence-electron chi connectivity index (χ0n) is 19.2. The highest BCUT2D eigenvalue weighted by atomic mass is 32.2. The molecule has 1 amide bonds. The Hall–Kier alpha value is -4.50. The molecule has 36 heavy (non-hydrogen) atoms. The molecule has 0 atom stereocenters. The number of benzene rings is 3. The number of para-hydroxylation sites is 1. The summed E-state index contributed by atoms with van der Waals surface area (Å²) in [5.41, 5.74) is 3.04. The lowest BCUT2D eigenvalue weighted by molar-refractivity contribution is 0.102. The van der Waals surface area contributed by atoms with Crippen LogP contribution in [0, 0.1) is 0 Å². The molecule has 5 aromatic rings. The highest BCUT2D eigenvalue weighted by molar-refractivity contribution is 7.98. The van der Waals surface area contributed by atoms with E-state index in [1.165, 1.54) is 17.8 Å². The number of carbonyl (C=O) groups excluding carboxylic acids is 1. The van der Waals surface area contributed by atoms with Gasteiger partial charge in [-0.2, -0.15) is 4.68 Å². The van der Waals surface area contributed by atoms with Crippen molar-refractivity contribution in [3.05, 3.63) is 131 Å². The van der Waals surface area contributed by atoms with Gasteiger partial charge in [0.25, 0.3) is 11.5 Å². The van der Waals surface area contributed by atoms with Gasteiger partial charge in [0, 0.05) is 22.8 Å². The summed E-state index contributed by atoms with van der Waals surface area (Å²) < 4.78 is 3.33. The number of carbonyl (C=O) groups is 1. The Morgan fingerprint density at radius 3 is 2.42 bits per heavy atom. The first-order chi connectivity index (χ1) is 17.7. The van der Waals surface area contributed by atoms with Crippen LogP contribution in [0.2, 0.25) is 0 Å². The van der Waals surface area contributed by atoms with E-state index in [0.29, 0.717) is 29.4 Å². The quantitative estimate of drug-likeness (QED) is 0.321. The van der Waals surface area contributed by atoms with Crippen LogP contribution in [-0.4, -0.2) is 30.7 Å². The van der Waals surface area contributed by atoms with E-state index in [-0.39, 0.29) is 11.5 Å². The SMILES string of the molecule is O=C(Nc1ccc(Cn2ccccc2=O)cc1)c1ccccc1SCc1nnnn1-c1ccccc1. The van der Waals surface area contributed by atoms with Crippen molar-refractivity contribution in [3.63, 3.8) is 0 Å². The van der Waals surface area contributed by atoms with Crippen LogP contribution >= 0.6 is 11.8 Å². The molecule has 1 N–H and O–H groups in total. The van der Waals surface area contributed by atoms with Crippen LogP contribution in [0.4, 0.5) is 5.69 Å². The van der Waals surface area contributed by atoms with Gasteiger partial charge in [-0.15, -0.1) is 16.9 Å². The van der Waals surface area contributed by atoms with Gasteiger partial charge in [-0.25, -0.2) is 0 Å². The number of hydrogen-bond donors (Lipinski definition) is 1. The average Bonchev–Trinajstić information content (AvgIpc) is 3.39. The maximum absolute atomic E-state index is 13.1. The van der Waals surface area contributed by atoms with Crippen LogP contribution in [0.15, 0.2) is 113 Å². The maximum Gasteiger partial charge on any atom is 0.256 e. The molecule has 178 valence electrons. The monoisotopic (exact) mass is 494 g/mol. The van der Waals surface area contributed by atoms with E-state index >= 15 is 0 Å². The van der Waals surface area contributed by atoms with E-state index in [1.54, 1.807) is 27.6 Å². The standard InChI is InChI=1S/C27H22N6O2S/c34-26-12-6-7-17-32(26)18-20-13-15-21(16-14-20)28-27(35)23-10-4-5-11-24(23)36-19-25-29-30-31-33(25)22-8-2-1-3-9-22/h1-17H,18-19H2,(H,28,35). The number of nitrogens with one attached hydrogen (secondary N) is 1. The molecule has 0 radical (unpaired) electrons. The van der Waals surface area contributed by atoms with Crippen molar-refractivity contribution >= 4 is 23.4 Å². The zero-order valence-corrected chi connectivity index (χ0v) is 20.0. The van der Waals surface area contributed by atoms with Crippen molar-refractivity contribution in [2.75, 3.05) is 5.32 Å². The van der Waals surface area contributed by atoms with Crippen LogP contribution < -0.4 is 10.9 Å². The predicted octanol–water partition coefficient (Wildman–Crippen LogP) is 4.42. The normalized spacial score (nSPS) is 10.8. The van der Waals surface area contributed by atoms with Gasteiger partial charge in [0.05, 0.1) is 23.5 Å². The Bertz CT molecular complexity index is 1530. The Labute approximate surface area is 211 Å². The fourth-order valence-corrected chi connectivity index (χ4v) is 4.62. The van der Waals surface area contributed by atoms with Crippen molar-refractivity contribution in [1.82, 2.24) is 24.8 Å². The van der Waals surface area contributed by atoms with Crippen molar-refractivity contribution in [3.8, 4) is 5.69 Å². The van der Waals surface area contributed by atoms with Gasteiger partial charge >= 0.3 is 0 Å². The molecular formula is C27H22N6O2S. The van der Waals surface area contributed by atoms with Crippen LogP contribution in [0.1, 0.15) is 21.7 Å². The third kappa shape index (κ3) is 5.42. The molecule has 0 aliphatic carbocycles. The van der Waals surface area contributed by atoms with Gasteiger partial charge in [0.15, 0.2) is 5.82 Å². The first-order valence-electron chi connectivity index (χ1n) is 11.3. The summed E-state index contributed by atoms with van der Waals surface area (Å²) in [6.45, 7) is 0.468. The number of aromatic nitrogens is 5. The van der Waals surface area contributed by atoms with Gasteiger partial charge < -0.3 is 9.88 Å². The Balaban J connectivity index is 1.26. The van der Waals surface area contributed by atoms with Gasteiger partial charge in [-0.05, 0) is 58.5 Å². The molecule has 8 nitrogen and oxygen atoms in total. The van der Waals surface area contributed by atoms with Crippen molar-refractivity contribution in [1.29, 1.82) is 0 Å². The molecule has 0 saturated heterocycles. The molecule has 0 aliphatic heterocycles. The van der Waals surface area contributed by atoms with E-state index in [4.69, 9.17) is 0 Å². The lowest BCUT2D eigenvalue weighted by atomic mass is 10.1. The first-order valence-corrected chi connectivity index (χ1v) is 12.3. The number of thioether (sulfide) groups is 1. The van der Waals surface area contributed by atoms with Crippen molar-refractivity contribution in [2.45, 2.75) is 17.2 Å². The number of amides is 1. The molecule has 0 aliphatic rings. The largest absolute Gasteiger partial charge is 0.322 e. The fourth-order valence-electron chi connectivity index (χ4n) is 3.67. The fraction of sp³-hybridized carbons (Fsp3) is 0.0741. The second-order valence-electron chi connectivity index (χ2n) is 7.95. The molecule has 2 heterocycles. The van der Waals surface area contributed by atoms with Gasteiger partial charge in [0.2, 0.25) is 0 Å². The molecule has 0 unspecified atom stereocenters. The summed E-state index contributed by atoms with van der Waals surface area (Å²) in [6.07, 6.45) is 1.75. The number of anilines is 1. The van der Waals surface area contributed by atoms with Gasteiger partial charge in [-0.3, -0.25) is 9.59 Å². The molecular weight excluding hydrogens is 472 g/mol. The van der Waals surface area contributed by atoms with E-state index < -0.39 is 0 Å². The second kappa shape index (κ2) is 10.8. The smallest absolute Gasteiger partial charge is 0.256 e. The highest BCUT2D eigenvalue weighted by Gasteiger charge is 2.14. The number of pyridine rings is 1. The van der Waals surface area contributed by atoms with Gasteiger partial charge in [-0.1, -0.05) is 48.5 Å². The summed E-state index contributed by atoms with van der Waals surface area (Å²) in [7, 11) is 0. The van der Waals surface area contributed by atoms with E-state index in [2.05, 4.69) is 20.8 Å². The minimum absolute atomic E-state index is 0.0539. The van der Waals surface area contributed by atoms with Crippen LogP contribution in [0.3, 0.4) is 0 Å². The summed E-state index contributed by atoms with van der Waals surface area (Å²) in [4.78, 5) is 25.9. The highest BCUT2D eigenvalue weighted by Crippen LogP contribution is 2.27. The number of rotatable bonds is 8. The minimum Gasteiger partial charge on any atom is -0.322 e. The van der Waals surface area contributed by atoms with Crippen LogP contribution in [-0.2, 0) is 12.3 Å². The van der Waals surface area contributed by atoms with E-state index in [1.807, 2.05) is 78.9 Å². The minimum atomic E-state index is -0.201. The van der Waals surface area contributed by atoms with Crippen molar-refractivity contribution in [2.24, 2.45) is 0 Å². The summed E-state index contributed by atoms with van der Waals surface area (Å²) in [6, 6.07) is 29.7. The molecule has 0 spiro atoms. The summed E-state index contributed by atoms with van der Waals surface area (Å²) in [5, 5.41) is 15.0. The van der Waals surface area contributed by atoms with E-state index in [0.717, 1.165) is 16.1 Å². The lowest BCUT2D eigenvalue weighted by Crippen LogP contribution is -2.18. The summed E-state index contributed by atoms with van der Waals surface area (Å²) >= 11 is 1.50. The Morgan fingerprint density at radius 1 is 0.861 bits per heavy atom. The first kappa shape index (κ1) is 23.3. The van der Waals surface area contributed by atoms with Crippen LogP contribution in [0.25, 0.3) is 5.69 Å². The Morgan fingerprint density at radius 2 is 1.61 bits per heavy atom. The number of tetrazole rings is 1. The average molecular weight is 495 g/mol. The van der Waals surface area contributed by atoms with Crippen molar-refractivity contribution < 1.29 is 4.79 Å². The topological polar surface area (TPSA) is 94.7 Å². The zero-order chi connectivity index (χ0) is 24.7. The Kier molecular flexibility index (Phi) is 7.00. The molecule has 0 saturated carbocycles. The van der Waals surface area contributed by atoms with Gasteiger partial charge in [0.1, 0.15) is 0 Å². The molecule has 0 bridgehead atoms. The summed E-state index contributed by atoms with van der Waals surface area (Å²) in [5.74, 6) is 0.988. The number of nitrogens with zero attached hydrogens (tertiary/aromatic N) is 5. The van der Waals surface area contributed by atoms with E-state index in [9.17, 15) is 9.59 Å². The predicted molar refractivity (Wildman–Crippen MR) is 139 cm³/mol.